The highest BCUT2D eigenvalue weighted by Crippen LogP contribution is 2.34. The normalized spacial score (nSPS) is 18.7. The summed E-state index contributed by atoms with van der Waals surface area (Å²) in [5.41, 5.74) is 2.28. The summed E-state index contributed by atoms with van der Waals surface area (Å²) in [5.74, 6) is 0.963. The van der Waals surface area contributed by atoms with E-state index in [0.29, 0.717) is 6.04 Å². The Morgan fingerprint density at radius 2 is 2.00 bits per heavy atom. The fourth-order valence-electron chi connectivity index (χ4n) is 2.61. The molecule has 1 aliphatic rings. The molecule has 1 fully saturated rings. The number of benzene rings is 1. The summed E-state index contributed by atoms with van der Waals surface area (Å²) in [6.45, 7) is 8.49. The lowest BCUT2D eigenvalue weighted by Gasteiger charge is -2.34. The predicted molar refractivity (Wildman–Crippen MR) is 75.6 cm³/mol. The van der Waals surface area contributed by atoms with Crippen molar-refractivity contribution in [2.24, 2.45) is 0 Å². The Morgan fingerprint density at radius 3 is 2.61 bits per heavy atom. The number of piperazine rings is 1. The zero-order valence-corrected chi connectivity index (χ0v) is 12.0. The third kappa shape index (κ3) is 2.79. The largest absolute Gasteiger partial charge is 0.496 e. The van der Waals surface area contributed by atoms with E-state index >= 15 is 0 Å². The second kappa shape index (κ2) is 5.91. The summed E-state index contributed by atoms with van der Waals surface area (Å²) in [5, 5.41) is 4.16. The number of aryl methyl sites for hydroxylation is 1. The summed E-state index contributed by atoms with van der Waals surface area (Å²) in [4.78, 5) is 2.46. The maximum absolute atomic E-state index is 6.18. The monoisotopic (exact) mass is 268 g/mol. The van der Waals surface area contributed by atoms with Crippen molar-refractivity contribution in [2.45, 2.75) is 19.9 Å². The second-order valence-electron chi connectivity index (χ2n) is 4.81. The lowest BCUT2D eigenvalue weighted by molar-refractivity contribution is 0.182. The Labute approximate surface area is 114 Å². The first-order valence-electron chi connectivity index (χ1n) is 6.42. The van der Waals surface area contributed by atoms with Crippen molar-refractivity contribution in [1.82, 2.24) is 10.2 Å². The number of nitrogens with zero attached hydrogens (tertiary/aromatic N) is 1. The van der Waals surface area contributed by atoms with Crippen molar-refractivity contribution < 1.29 is 4.74 Å². The van der Waals surface area contributed by atoms with Crippen molar-refractivity contribution in [3.05, 3.63) is 28.3 Å². The first-order chi connectivity index (χ1) is 8.63. The molecule has 18 heavy (non-hydrogen) atoms. The van der Waals surface area contributed by atoms with Crippen LogP contribution >= 0.6 is 11.6 Å². The first-order valence-corrected chi connectivity index (χ1v) is 6.80. The average Bonchev–Trinajstić information content (AvgIpc) is 2.38. The smallest absolute Gasteiger partial charge is 0.126 e. The fourth-order valence-corrected chi connectivity index (χ4v) is 2.89. The first kappa shape index (κ1) is 13.7. The molecule has 0 saturated carbocycles. The van der Waals surface area contributed by atoms with Crippen LogP contribution < -0.4 is 10.1 Å². The van der Waals surface area contributed by atoms with Crippen molar-refractivity contribution >= 4 is 11.6 Å². The van der Waals surface area contributed by atoms with E-state index in [4.69, 9.17) is 16.3 Å². The van der Waals surface area contributed by atoms with Crippen LogP contribution in [0.2, 0.25) is 5.02 Å². The van der Waals surface area contributed by atoms with Crippen LogP contribution in [0.4, 0.5) is 0 Å². The van der Waals surface area contributed by atoms with E-state index in [1.807, 2.05) is 19.1 Å². The van der Waals surface area contributed by atoms with Crippen LogP contribution in [-0.2, 0) is 0 Å². The number of halogens is 1. The molecular formula is C14H21ClN2O. The van der Waals surface area contributed by atoms with Crippen LogP contribution in [0.15, 0.2) is 12.1 Å². The van der Waals surface area contributed by atoms with Crippen molar-refractivity contribution in [3.63, 3.8) is 0 Å². The SMILES string of the molecule is COc1c(C)cc(Cl)cc1C(C)N1CCNCC1. The topological polar surface area (TPSA) is 24.5 Å². The van der Waals surface area contributed by atoms with Crippen LogP contribution in [0.25, 0.3) is 0 Å². The number of ether oxygens (including phenoxy) is 1. The molecule has 0 aromatic heterocycles. The van der Waals surface area contributed by atoms with Gasteiger partial charge >= 0.3 is 0 Å². The molecule has 1 atom stereocenters. The molecule has 3 nitrogen and oxygen atoms in total. The van der Waals surface area contributed by atoms with Gasteiger partial charge in [-0.3, -0.25) is 4.90 Å². The number of hydrogen-bond donors (Lipinski definition) is 1. The quantitative estimate of drug-likeness (QED) is 0.912. The van der Waals surface area contributed by atoms with Gasteiger partial charge in [0, 0.05) is 42.8 Å². The van der Waals surface area contributed by atoms with E-state index in [-0.39, 0.29) is 0 Å². The van der Waals surface area contributed by atoms with E-state index in [1.54, 1.807) is 7.11 Å². The number of rotatable bonds is 3. The highest BCUT2D eigenvalue weighted by atomic mass is 35.5. The summed E-state index contributed by atoms with van der Waals surface area (Å²) in [7, 11) is 1.73. The summed E-state index contributed by atoms with van der Waals surface area (Å²) >= 11 is 6.18. The van der Waals surface area contributed by atoms with Gasteiger partial charge in [-0.2, -0.15) is 0 Å². The maximum Gasteiger partial charge on any atom is 0.126 e. The zero-order valence-electron chi connectivity index (χ0n) is 11.3. The van der Waals surface area contributed by atoms with E-state index in [9.17, 15) is 0 Å². The Hall–Kier alpha value is -0.770. The van der Waals surface area contributed by atoms with Crippen LogP contribution in [-0.4, -0.2) is 38.2 Å². The molecule has 1 saturated heterocycles. The third-order valence-corrected chi connectivity index (χ3v) is 3.84. The Morgan fingerprint density at radius 1 is 1.33 bits per heavy atom. The molecule has 0 aliphatic carbocycles. The minimum absolute atomic E-state index is 0.333. The minimum atomic E-state index is 0.333. The highest BCUT2D eigenvalue weighted by Gasteiger charge is 2.22. The van der Waals surface area contributed by atoms with Gasteiger partial charge in [0.15, 0.2) is 0 Å². The Kier molecular flexibility index (Phi) is 4.49. The van der Waals surface area contributed by atoms with E-state index < -0.39 is 0 Å². The molecule has 4 heteroatoms. The van der Waals surface area contributed by atoms with Crippen molar-refractivity contribution in [2.75, 3.05) is 33.3 Å². The van der Waals surface area contributed by atoms with E-state index in [1.165, 1.54) is 5.56 Å². The second-order valence-corrected chi connectivity index (χ2v) is 5.24. The highest BCUT2D eigenvalue weighted by molar-refractivity contribution is 6.30. The molecule has 0 amide bonds. The standard InChI is InChI=1S/C14H21ClN2O/c1-10-8-12(15)9-13(14(10)18-3)11(2)17-6-4-16-5-7-17/h8-9,11,16H,4-7H2,1-3H3. The van der Waals surface area contributed by atoms with Gasteiger partial charge in [-0.25, -0.2) is 0 Å². The maximum atomic E-state index is 6.18. The van der Waals surface area contributed by atoms with Gasteiger partial charge in [-0.15, -0.1) is 0 Å². The summed E-state index contributed by atoms with van der Waals surface area (Å²) in [6, 6.07) is 4.31. The lowest BCUT2D eigenvalue weighted by Crippen LogP contribution is -2.44. The summed E-state index contributed by atoms with van der Waals surface area (Å²) < 4.78 is 5.54. The van der Waals surface area contributed by atoms with Gasteiger partial charge in [0.25, 0.3) is 0 Å². The number of methoxy groups -OCH3 is 1. The zero-order chi connectivity index (χ0) is 13.1. The molecule has 1 aliphatic heterocycles. The molecule has 2 rings (SSSR count). The van der Waals surface area contributed by atoms with E-state index in [2.05, 4.69) is 17.1 Å². The van der Waals surface area contributed by atoms with Crippen LogP contribution in [0.5, 0.6) is 5.75 Å². The average molecular weight is 269 g/mol. The molecule has 1 unspecified atom stereocenters. The molecular weight excluding hydrogens is 248 g/mol. The molecule has 100 valence electrons. The van der Waals surface area contributed by atoms with Gasteiger partial charge in [0.05, 0.1) is 7.11 Å². The van der Waals surface area contributed by atoms with Crippen LogP contribution in [0.3, 0.4) is 0 Å². The Balaban J connectivity index is 2.30. The molecule has 1 heterocycles. The van der Waals surface area contributed by atoms with E-state index in [0.717, 1.165) is 42.5 Å². The predicted octanol–water partition coefficient (Wildman–Crippen LogP) is 2.62. The molecule has 1 aromatic rings. The van der Waals surface area contributed by atoms with Crippen molar-refractivity contribution in [1.29, 1.82) is 0 Å². The Bertz CT molecular complexity index is 417. The van der Waals surface area contributed by atoms with Gasteiger partial charge in [-0.05, 0) is 31.5 Å². The van der Waals surface area contributed by atoms with Crippen LogP contribution in [0, 0.1) is 6.92 Å². The number of hydrogen-bond acceptors (Lipinski definition) is 3. The van der Waals surface area contributed by atoms with Gasteiger partial charge < -0.3 is 10.1 Å². The molecule has 1 aromatic carbocycles. The van der Waals surface area contributed by atoms with Gasteiger partial charge in [-0.1, -0.05) is 11.6 Å². The fraction of sp³-hybridized carbons (Fsp3) is 0.571. The lowest BCUT2D eigenvalue weighted by atomic mass is 10.0. The minimum Gasteiger partial charge on any atom is -0.496 e. The van der Waals surface area contributed by atoms with Gasteiger partial charge in [0.2, 0.25) is 0 Å². The molecule has 0 spiro atoms. The molecule has 0 bridgehead atoms. The molecule has 1 N–H and O–H groups in total. The number of nitrogens with one attached hydrogen (secondary N) is 1. The molecule has 0 radical (unpaired) electrons. The summed E-state index contributed by atoms with van der Waals surface area (Å²) in [6.07, 6.45) is 0. The van der Waals surface area contributed by atoms with Gasteiger partial charge in [0.1, 0.15) is 5.75 Å². The third-order valence-electron chi connectivity index (χ3n) is 3.62. The van der Waals surface area contributed by atoms with Crippen molar-refractivity contribution in [3.8, 4) is 5.75 Å². The van der Waals surface area contributed by atoms with Crippen LogP contribution in [0.1, 0.15) is 24.1 Å².